The summed E-state index contributed by atoms with van der Waals surface area (Å²) in [6.07, 6.45) is 1.93. The van der Waals surface area contributed by atoms with E-state index in [1.165, 1.54) is 22.1 Å². The monoisotopic (exact) mass is 339 g/mol. The number of rotatable bonds is 6. The first-order chi connectivity index (χ1) is 11.7. The summed E-state index contributed by atoms with van der Waals surface area (Å²) >= 11 is 1.40. The van der Waals surface area contributed by atoms with Gasteiger partial charge >= 0.3 is 5.97 Å². The molecule has 0 fully saturated rings. The van der Waals surface area contributed by atoms with E-state index in [0.29, 0.717) is 17.4 Å². The van der Waals surface area contributed by atoms with Crippen LogP contribution in [0, 0.1) is 0 Å². The topological polar surface area (TPSA) is 63.6 Å². The lowest BCUT2D eigenvalue weighted by molar-refractivity contribution is -0.142. The van der Waals surface area contributed by atoms with Crippen molar-refractivity contribution in [2.75, 3.05) is 12.0 Å². The van der Waals surface area contributed by atoms with Gasteiger partial charge in [0.05, 0.1) is 24.9 Å². The predicted molar refractivity (Wildman–Crippen MR) is 97.6 cm³/mol. The molecule has 3 aromatic rings. The number of fused-ring (bicyclic) bond motifs is 1. The molecule has 0 spiro atoms. The van der Waals surface area contributed by atoms with Crippen molar-refractivity contribution in [2.45, 2.75) is 13.3 Å². The van der Waals surface area contributed by atoms with Crippen LogP contribution in [-0.4, -0.2) is 23.8 Å². The van der Waals surface area contributed by atoms with Crippen molar-refractivity contribution in [3.63, 3.8) is 0 Å². The summed E-state index contributed by atoms with van der Waals surface area (Å²) in [5.41, 5.74) is 4.58. The number of benzene rings is 2. The van der Waals surface area contributed by atoms with Gasteiger partial charge in [-0.3, -0.25) is 10.2 Å². The normalized spacial score (nSPS) is 11.0. The van der Waals surface area contributed by atoms with E-state index in [2.05, 4.69) is 39.8 Å². The molecule has 1 N–H and O–H groups in total. The van der Waals surface area contributed by atoms with E-state index in [9.17, 15) is 4.79 Å². The third-order valence-electron chi connectivity index (χ3n) is 3.33. The van der Waals surface area contributed by atoms with E-state index in [1.54, 1.807) is 13.1 Å². The Labute approximate surface area is 144 Å². The fourth-order valence-corrected chi connectivity index (χ4v) is 2.91. The van der Waals surface area contributed by atoms with Gasteiger partial charge in [0.15, 0.2) is 0 Å². The van der Waals surface area contributed by atoms with Gasteiger partial charge in [-0.1, -0.05) is 36.4 Å². The fourth-order valence-electron chi connectivity index (χ4n) is 2.25. The van der Waals surface area contributed by atoms with Crippen molar-refractivity contribution in [1.82, 2.24) is 4.98 Å². The van der Waals surface area contributed by atoms with E-state index in [4.69, 9.17) is 4.74 Å². The second-order valence-corrected chi connectivity index (χ2v) is 5.96. The smallest absolute Gasteiger partial charge is 0.311 e. The van der Waals surface area contributed by atoms with E-state index in [-0.39, 0.29) is 12.4 Å². The van der Waals surface area contributed by atoms with Gasteiger partial charge in [-0.2, -0.15) is 5.10 Å². The molecule has 0 amide bonds. The van der Waals surface area contributed by atoms with Crippen molar-refractivity contribution in [3.8, 4) is 0 Å². The molecule has 3 rings (SSSR count). The second-order valence-electron chi connectivity index (χ2n) is 5.10. The van der Waals surface area contributed by atoms with Crippen LogP contribution in [0.1, 0.15) is 18.2 Å². The van der Waals surface area contributed by atoms with Crippen LogP contribution in [-0.2, 0) is 16.0 Å². The zero-order chi connectivity index (χ0) is 16.8. The highest BCUT2D eigenvalue weighted by Crippen LogP contribution is 2.17. The van der Waals surface area contributed by atoms with Crippen LogP contribution in [0.5, 0.6) is 0 Å². The van der Waals surface area contributed by atoms with Crippen LogP contribution in [0.4, 0.5) is 5.13 Å². The molecule has 0 aliphatic rings. The van der Waals surface area contributed by atoms with Gasteiger partial charge in [-0.25, -0.2) is 4.98 Å². The summed E-state index contributed by atoms with van der Waals surface area (Å²) in [4.78, 5) is 15.7. The van der Waals surface area contributed by atoms with Crippen molar-refractivity contribution in [3.05, 3.63) is 59.1 Å². The number of carbonyl (C=O) groups excluding carboxylic acids is 1. The Morgan fingerprint density at radius 3 is 2.96 bits per heavy atom. The summed E-state index contributed by atoms with van der Waals surface area (Å²) in [5.74, 6) is -0.269. The van der Waals surface area contributed by atoms with Gasteiger partial charge in [0, 0.05) is 5.38 Å². The molecule has 0 saturated heterocycles. The van der Waals surface area contributed by atoms with Gasteiger partial charge in [0.25, 0.3) is 0 Å². The maximum Gasteiger partial charge on any atom is 0.311 e. The molecule has 5 nitrogen and oxygen atoms in total. The number of carbonyl (C=O) groups is 1. The lowest BCUT2D eigenvalue weighted by Crippen LogP contribution is -2.07. The predicted octanol–water partition coefficient (Wildman–Crippen LogP) is 3.85. The third kappa shape index (κ3) is 4.17. The minimum atomic E-state index is -0.269. The van der Waals surface area contributed by atoms with E-state index in [1.807, 2.05) is 23.6 Å². The van der Waals surface area contributed by atoms with Crippen LogP contribution in [0.25, 0.3) is 10.8 Å². The molecule has 1 heterocycles. The first-order valence-electron chi connectivity index (χ1n) is 7.62. The minimum Gasteiger partial charge on any atom is -0.466 e. The highest BCUT2D eigenvalue weighted by Gasteiger charge is 2.07. The zero-order valence-electron chi connectivity index (χ0n) is 13.2. The van der Waals surface area contributed by atoms with Crippen molar-refractivity contribution in [2.24, 2.45) is 5.10 Å². The Balaban J connectivity index is 1.61. The Kier molecular flexibility index (Phi) is 5.18. The SMILES string of the molecule is CCOC(=O)Cc1csc(NN=Cc2ccc3ccccc3c2)n1. The van der Waals surface area contributed by atoms with Crippen LogP contribution < -0.4 is 5.43 Å². The van der Waals surface area contributed by atoms with Gasteiger partial charge in [0.2, 0.25) is 5.13 Å². The van der Waals surface area contributed by atoms with Gasteiger partial charge < -0.3 is 4.74 Å². The highest BCUT2D eigenvalue weighted by molar-refractivity contribution is 7.13. The molecular weight excluding hydrogens is 322 g/mol. The maximum atomic E-state index is 11.4. The Hall–Kier alpha value is -2.73. The Morgan fingerprint density at radius 1 is 1.29 bits per heavy atom. The van der Waals surface area contributed by atoms with E-state index >= 15 is 0 Å². The molecule has 24 heavy (non-hydrogen) atoms. The number of ether oxygens (including phenoxy) is 1. The molecule has 2 aromatic carbocycles. The molecule has 0 aliphatic heterocycles. The van der Waals surface area contributed by atoms with Crippen molar-refractivity contribution in [1.29, 1.82) is 0 Å². The second kappa shape index (κ2) is 7.70. The average Bonchev–Trinajstić information content (AvgIpc) is 3.02. The summed E-state index contributed by atoms with van der Waals surface area (Å²) in [6, 6.07) is 14.3. The number of thiazole rings is 1. The van der Waals surface area contributed by atoms with Crippen LogP contribution in [0.15, 0.2) is 52.9 Å². The molecule has 1 aromatic heterocycles. The molecule has 0 radical (unpaired) electrons. The standard InChI is InChI=1S/C18H17N3O2S/c1-2-23-17(22)10-16-12-24-18(20-16)21-19-11-13-7-8-14-5-3-4-6-15(14)9-13/h3-9,11-12H,2,10H2,1H3,(H,20,21). The first-order valence-corrected chi connectivity index (χ1v) is 8.50. The summed E-state index contributed by atoms with van der Waals surface area (Å²) in [5, 5.41) is 9.05. The molecular formula is C18H17N3O2S. The Morgan fingerprint density at radius 2 is 2.12 bits per heavy atom. The van der Waals surface area contributed by atoms with Gasteiger partial charge in [0.1, 0.15) is 0 Å². The highest BCUT2D eigenvalue weighted by atomic mass is 32.1. The third-order valence-corrected chi connectivity index (χ3v) is 4.13. The number of aromatic nitrogens is 1. The lowest BCUT2D eigenvalue weighted by Gasteiger charge is -1.99. The van der Waals surface area contributed by atoms with Gasteiger partial charge in [-0.05, 0) is 29.3 Å². The van der Waals surface area contributed by atoms with Crippen LogP contribution >= 0.6 is 11.3 Å². The molecule has 0 atom stereocenters. The number of hydrazone groups is 1. The number of esters is 1. The van der Waals surface area contributed by atoms with Crippen LogP contribution in [0.3, 0.4) is 0 Å². The number of hydrogen-bond acceptors (Lipinski definition) is 6. The average molecular weight is 339 g/mol. The Bertz CT molecular complexity index is 873. The number of hydrogen-bond donors (Lipinski definition) is 1. The molecule has 0 aliphatic carbocycles. The minimum absolute atomic E-state index is 0.181. The first kappa shape index (κ1) is 16.1. The van der Waals surface area contributed by atoms with E-state index in [0.717, 1.165) is 5.56 Å². The molecule has 122 valence electrons. The number of nitrogens with zero attached hydrogens (tertiary/aromatic N) is 2. The summed E-state index contributed by atoms with van der Waals surface area (Å²) in [7, 11) is 0. The van der Waals surface area contributed by atoms with Crippen LogP contribution in [0.2, 0.25) is 0 Å². The lowest BCUT2D eigenvalue weighted by atomic mass is 10.1. The molecule has 6 heteroatoms. The van der Waals surface area contributed by atoms with Gasteiger partial charge in [-0.15, -0.1) is 11.3 Å². The molecule has 0 unspecified atom stereocenters. The number of nitrogens with one attached hydrogen (secondary N) is 1. The molecule has 0 saturated carbocycles. The zero-order valence-corrected chi connectivity index (χ0v) is 14.0. The summed E-state index contributed by atoms with van der Waals surface area (Å²) in [6.45, 7) is 2.16. The quantitative estimate of drug-likeness (QED) is 0.421. The number of anilines is 1. The largest absolute Gasteiger partial charge is 0.466 e. The van der Waals surface area contributed by atoms with Crippen molar-refractivity contribution < 1.29 is 9.53 Å². The molecule has 0 bridgehead atoms. The summed E-state index contributed by atoms with van der Waals surface area (Å²) < 4.78 is 4.90. The maximum absolute atomic E-state index is 11.4. The fraction of sp³-hybridized carbons (Fsp3) is 0.167. The van der Waals surface area contributed by atoms with Crippen molar-refractivity contribution >= 4 is 39.4 Å². The van der Waals surface area contributed by atoms with E-state index < -0.39 is 0 Å².